The number of hydrogen-bond acceptors (Lipinski definition) is 2. The minimum Gasteiger partial charge on any atom is -0.491 e. The van der Waals surface area contributed by atoms with Crippen molar-refractivity contribution in [2.24, 2.45) is 5.41 Å². The summed E-state index contributed by atoms with van der Waals surface area (Å²) in [5.74, 6) is 0.751. The van der Waals surface area contributed by atoms with Crippen LogP contribution < -0.4 is 10.1 Å². The molecule has 1 aromatic rings. The highest BCUT2D eigenvalue weighted by Gasteiger charge is 2.25. The van der Waals surface area contributed by atoms with Crippen molar-refractivity contribution in [2.45, 2.75) is 53.2 Å². The van der Waals surface area contributed by atoms with Gasteiger partial charge >= 0.3 is 0 Å². The molecular formula is C17H26BrNO2. The second kappa shape index (κ2) is 7.83. The quantitative estimate of drug-likeness (QED) is 0.767. The average Bonchev–Trinajstić information content (AvgIpc) is 2.37. The lowest BCUT2D eigenvalue weighted by molar-refractivity contribution is 0.0900. The summed E-state index contributed by atoms with van der Waals surface area (Å²) in [4.78, 5) is 12.3. The smallest absolute Gasteiger partial charge is 0.251 e. The Labute approximate surface area is 136 Å². The fraction of sp³-hybridized carbons (Fsp3) is 0.588. The molecule has 0 radical (unpaired) electrons. The van der Waals surface area contributed by atoms with Crippen LogP contribution in [0.15, 0.2) is 24.3 Å². The van der Waals surface area contributed by atoms with Gasteiger partial charge in [-0.2, -0.15) is 0 Å². The van der Waals surface area contributed by atoms with Crippen LogP contribution >= 0.6 is 15.9 Å². The maximum absolute atomic E-state index is 12.3. The summed E-state index contributed by atoms with van der Waals surface area (Å²) in [6.07, 6.45) is 1.04. The first kappa shape index (κ1) is 18.0. The Bertz CT molecular complexity index is 449. The standard InChI is InChI=1S/C17H26BrNO2/c1-12(2)21-14-8-6-13(7-9-14)16(20)19-15(10-11-18)17(3,4)5/h6-9,12,15H,10-11H2,1-5H3,(H,19,20). The number of amides is 1. The van der Waals surface area contributed by atoms with E-state index < -0.39 is 0 Å². The number of benzene rings is 1. The SMILES string of the molecule is CC(C)Oc1ccc(C(=O)NC(CCBr)C(C)(C)C)cc1. The van der Waals surface area contributed by atoms with Crippen molar-refractivity contribution >= 4 is 21.8 Å². The zero-order chi connectivity index (χ0) is 16.0. The Balaban J connectivity index is 2.74. The van der Waals surface area contributed by atoms with Crippen molar-refractivity contribution in [3.63, 3.8) is 0 Å². The zero-order valence-corrected chi connectivity index (χ0v) is 15.2. The largest absolute Gasteiger partial charge is 0.491 e. The molecule has 0 bridgehead atoms. The third kappa shape index (κ3) is 6.08. The molecule has 1 rings (SSSR count). The Morgan fingerprint density at radius 3 is 2.24 bits per heavy atom. The van der Waals surface area contributed by atoms with E-state index in [-0.39, 0.29) is 23.5 Å². The van der Waals surface area contributed by atoms with Gasteiger partial charge in [-0.15, -0.1) is 0 Å². The molecule has 0 heterocycles. The number of halogens is 1. The Kier molecular flexibility index (Phi) is 6.72. The fourth-order valence-electron chi connectivity index (χ4n) is 2.03. The molecule has 0 aromatic heterocycles. The number of alkyl halides is 1. The molecule has 0 saturated heterocycles. The number of nitrogens with one attached hydrogen (secondary N) is 1. The highest BCUT2D eigenvalue weighted by atomic mass is 79.9. The van der Waals surface area contributed by atoms with E-state index in [9.17, 15) is 4.79 Å². The number of hydrogen-bond donors (Lipinski definition) is 1. The van der Waals surface area contributed by atoms with E-state index in [1.165, 1.54) is 0 Å². The molecule has 0 spiro atoms. The second-order valence-electron chi connectivity index (χ2n) is 6.56. The topological polar surface area (TPSA) is 38.3 Å². The van der Waals surface area contributed by atoms with Gasteiger partial charge in [0.25, 0.3) is 5.91 Å². The first-order chi connectivity index (χ1) is 9.74. The van der Waals surface area contributed by atoms with E-state index in [1.807, 2.05) is 26.0 Å². The molecular weight excluding hydrogens is 330 g/mol. The molecule has 0 fully saturated rings. The van der Waals surface area contributed by atoms with Gasteiger partial charge in [-0.25, -0.2) is 0 Å². The van der Waals surface area contributed by atoms with E-state index in [0.717, 1.165) is 17.5 Å². The lowest BCUT2D eigenvalue weighted by atomic mass is 9.85. The Hall–Kier alpha value is -1.03. The summed E-state index contributed by atoms with van der Waals surface area (Å²) >= 11 is 3.45. The van der Waals surface area contributed by atoms with E-state index in [4.69, 9.17) is 4.74 Å². The third-order valence-corrected chi connectivity index (χ3v) is 3.69. The molecule has 21 heavy (non-hydrogen) atoms. The zero-order valence-electron chi connectivity index (χ0n) is 13.6. The summed E-state index contributed by atoms with van der Waals surface area (Å²) in [5, 5.41) is 4.00. The molecule has 4 heteroatoms. The molecule has 1 amide bonds. The van der Waals surface area contributed by atoms with Gasteiger partial charge in [0, 0.05) is 16.9 Å². The van der Waals surface area contributed by atoms with Gasteiger partial charge in [0.1, 0.15) is 5.75 Å². The molecule has 0 aliphatic heterocycles. The first-order valence-corrected chi connectivity index (χ1v) is 8.49. The average molecular weight is 356 g/mol. The van der Waals surface area contributed by atoms with Gasteiger partial charge in [-0.3, -0.25) is 4.79 Å². The maximum Gasteiger partial charge on any atom is 0.251 e. The number of ether oxygens (including phenoxy) is 1. The van der Waals surface area contributed by atoms with Gasteiger partial charge in [-0.1, -0.05) is 36.7 Å². The Morgan fingerprint density at radius 2 is 1.81 bits per heavy atom. The van der Waals surface area contributed by atoms with Crippen LogP contribution in [0.5, 0.6) is 5.75 Å². The lowest BCUT2D eigenvalue weighted by Gasteiger charge is -2.31. The van der Waals surface area contributed by atoms with Crippen molar-refractivity contribution in [3.05, 3.63) is 29.8 Å². The van der Waals surface area contributed by atoms with Crippen molar-refractivity contribution in [2.75, 3.05) is 5.33 Å². The van der Waals surface area contributed by atoms with Crippen molar-refractivity contribution < 1.29 is 9.53 Å². The van der Waals surface area contributed by atoms with Gasteiger partial charge in [0.05, 0.1) is 6.10 Å². The summed E-state index contributed by atoms with van der Waals surface area (Å²) in [7, 11) is 0. The molecule has 1 N–H and O–H groups in total. The highest BCUT2D eigenvalue weighted by molar-refractivity contribution is 9.09. The maximum atomic E-state index is 12.3. The number of rotatable bonds is 6. The molecule has 0 saturated carbocycles. The van der Waals surface area contributed by atoms with Crippen LogP contribution in [0.3, 0.4) is 0 Å². The number of carbonyl (C=O) groups is 1. The van der Waals surface area contributed by atoms with Gasteiger partial charge < -0.3 is 10.1 Å². The van der Waals surface area contributed by atoms with Crippen LogP contribution in [0.2, 0.25) is 0 Å². The molecule has 1 atom stereocenters. The monoisotopic (exact) mass is 355 g/mol. The molecule has 1 unspecified atom stereocenters. The predicted molar refractivity (Wildman–Crippen MR) is 91.3 cm³/mol. The molecule has 118 valence electrons. The number of carbonyl (C=O) groups excluding carboxylic acids is 1. The van der Waals surface area contributed by atoms with Crippen LogP contribution in [-0.2, 0) is 0 Å². The van der Waals surface area contributed by atoms with Crippen LogP contribution in [0.4, 0.5) is 0 Å². The summed E-state index contributed by atoms with van der Waals surface area (Å²) in [6, 6.07) is 7.43. The normalized spacial score (nSPS) is 13.1. The predicted octanol–water partition coefficient (Wildman–Crippen LogP) is 4.40. The minimum absolute atomic E-state index is 0.0319. The van der Waals surface area contributed by atoms with E-state index >= 15 is 0 Å². The van der Waals surface area contributed by atoms with E-state index in [0.29, 0.717) is 5.56 Å². The molecule has 0 aliphatic carbocycles. The third-order valence-electron chi connectivity index (χ3n) is 3.24. The molecule has 1 aromatic carbocycles. The van der Waals surface area contributed by atoms with Crippen LogP contribution in [0, 0.1) is 5.41 Å². The van der Waals surface area contributed by atoms with E-state index in [1.54, 1.807) is 12.1 Å². The van der Waals surface area contributed by atoms with Gasteiger partial charge in [0.2, 0.25) is 0 Å². The Morgan fingerprint density at radius 1 is 1.24 bits per heavy atom. The van der Waals surface area contributed by atoms with Gasteiger partial charge in [0.15, 0.2) is 0 Å². The highest BCUT2D eigenvalue weighted by Crippen LogP contribution is 2.23. The molecule has 3 nitrogen and oxygen atoms in total. The van der Waals surface area contributed by atoms with E-state index in [2.05, 4.69) is 42.0 Å². The fourth-order valence-corrected chi connectivity index (χ4v) is 2.49. The van der Waals surface area contributed by atoms with Crippen molar-refractivity contribution in [1.82, 2.24) is 5.32 Å². The molecule has 0 aliphatic rings. The summed E-state index contributed by atoms with van der Waals surface area (Å²) in [5.41, 5.74) is 0.694. The lowest BCUT2D eigenvalue weighted by Crippen LogP contribution is -2.44. The summed E-state index contributed by atoms with van der Waals surface area (Å²) in [6.45, 7) is 10.4. The van der Waals surface area contributed by atoms with Crippen LogP contribution in [0.1, 0.15) is 51.4 Å². The van der Waals surface area contributed by atoms with Gasteiger partial charge in [-0.05, 0) is 49.9 Å². The van der Waals surface area contributed by atoms with Crippen molar-refractivity contribution in [1.29, 1.82) is 0 Å². The van der Waals surface area contributed by atoms with Crippen molar-refractivity contribution in [3.8, 4) is 5.75 Å². The second-order valence-corrected chi connectivity index (χ2v) is 7.35. The van der Waals surface area contributed by atoms with Crippen LogP contribution in [-0.4, -0.2) is 23.4 Å². The van der Waals surface area contributed by atoms with Crippen LogP contribution in [0.25, 0.3) is 0 Å². The summed E-state index contributed by atoms with van der Waals surface area (Å²) < 4.78 is 5.58. The minimum atomic E-state index is -0.0352. The first-order valence-electron chi connectivity index (χ1n) is 7.37.